The molecule has 0 spiro atoms. The van der Waals surface area contributed by atoms with Gasteiger partial charge >= 0.3 is 0 Å². The van der Waals surface area contributed by atoms with Crippen molar-refractivity contribution in [2.75, 3.05) is 13.1 Å². The molecule has 0 radical (unpaired) electrons. The molecule has 4 aromatic rings. The Bertz CT molecular complexity index is 1130. The molecule has 0 aliphatic carbocycles. The van der Waals surface area contributed by atoms with Gasteiger partial charge in [-0.05, 0) is 54.8 Å². The highest BCUT2D eigenvalue weighted by Gasteiger charge is 2.06. The Balaban J connectivity index is 1.39. The zero-order chi connectivity index (χ0) is 20.8. The van der Waals surface area contributed by atoms with E-state index in [1.807, 2.05) is 36.0 Å². The molecule has 0 unspecified atom stereocenters. The highest BCUT2D eigenvalue weighted by atomic mass is 19.1. The SMILES string of the molecule is CCNC(=NCc1ccnc(-n2ccnc2)c1)NCCc1c[nH]c2ccc(F)cc12. The molecule has 3 heterocycles. The average Bonchev–Trinajstić information content (AvgIpc) is 3.43. The number of benzene rings is 1. The highest BCUT2D eigenvalue weighted by Crippen LogP contribution is 2.19. The summed E-state index contributed by atoms with van der Waals surface area (Å²) < 4.78 is 15.4. The fourth-order valence-corrected chi connectivity index (χ4v) is 3.28. The number of pyridine rings is 1. The largest absolute Gasteiger partial charge is 0.361 e. The number of aliphatic imine (C=N–C) groups is 1. The van der Waals surface area contributed by atoms with Crippen molar-refractivity contribution < 1.29 is 4.39 Å². The minimum Gasteiger partial charge on any atom is -0.361 e. The summed E-state index contributed by atoms with van der Waals surface area (Å²) in [5.41, 5.74) is 3.07. The molecule has 0 aliphatic rings. The van der Waals surface area contributed by atoms with Gasteiger partial charge < -0.3 is 15.6 Å². The van der Waals surface area contributed by atoms with Crippen LogP contribution in [0.1, 0.15) is 18.1 Å². The number of fused-ring (bicyclic) bond motifs is 1. The van der Waals surface area contributed by atoms with Crippen molar-refractivity contribution in [1.82, 2.24) is 30.2 Å². The molecule has 0 amide bonds. The summed E-state index contributed by atoms with van der Waals surface area (Å²) in [6.45, 7) is 4.01. The van der Waals surface area contributed by atoms with Gasteiger partial charge in [0.25, 0.3) is 0 Å². The van der Waals surface area contributed by atoms with E-state index < -0.39 is 0 Å². The Kier molecular flexibility index (Phi) is 6.03. The van der Waals surface area contributed by atoms with E-state index in [1.165, 1.54) is 6.07 Å². The summed E-state index contributed by atoms with van der Waals surface area (Å²) in [4.78, 5) is 16.3. The summed E-state index contributed by atoms with van der Waals surface area (Å²) in [6.07, 6.45) is 9.77. The minimum absolute atomic E-state index is 0.223. The zero-order valence-electron chi connectivity index (χ0n) is 16.8. The number of halogens is 1. The molecule has 3 aromatic heterocycles. The molecule has 4 rings (SSSR count). The number of hydrogen-bond donors (Lipinski definition) is 3. The van der Waals surface area contributed by atoms with Gasteiger partial charge in [0.15, 0.2) is 5.96 Å². The lowest BCUT2D eigenvalue weighted by molar-refractivity contribution is 0.629. The molecule has 0 saturated carbocycles. The first kappa shape index (κ1) is 19.6. The van der Waals surface area contributed by atoms with E-state index in [9.17, 15) is 4.39 Å². The van der Waals surface area contributed by atoms with E-state index >= 15 is 0 Å². The third-order valence-corrected chi connectivity index (χ3v) is 4.76. The minimum atomic E-state index is -0.223. The lowest BCUT2D eigenvalue weighted by Gasteiger charge is -2.11. The van der Waals surface area contributed by atoms with Gasteiger partial charge in [0, 0.05) is 48.8 Å². The van der Waals surface area contributed by atoms with Gasteiger partial charge in [0.1, 0.15) is 18.0 Å². The topological polar surface area (TPSA) is 82.9 Å². The summed E-state index contributed by atoms with van der Waals surface area (Å²) in [6, 6.07) is 8.75. The number of aromatic amines is 1. The van der Waals surface area contributed by atoms with Crippen LogP contribution in [0, 0.1) is 5.82 Å². The third-order valence-electron chi connectivity index (χ3n) is 4.76. The first-order valence-electron chi connectivity index (χ1n) is 9.94. The van der Waals surface area contributed by atoms with Crippen LogP contribution in [0.2, 0.25) is 0 Å². The van der Waals surface area contributed by atoms with Crippen LogP contribution >= 0.6 is 0 Å². The molecule has 7 nitrogen and oxygen atoms in total. The first-order chi connectivity index (χ1) is 14.7. The normalized spacial score (nSPS) is 11.7. The summed E-state index contributed by atoms with van der Waals surface area (Å²) in [5, 5.41) is 7.53. The van der Waals surface area contributed by atoms with E-state index in [0.29, 0.717) is 13.1 Å². The van der Waals surface area contributed by atoms with Crippen molar-refractivity contribution in [3.63, 3.8) is 0 Å². The molecule has 0 bridgehead atoms. The third kappa shape index (κ3) is 4.65. The molecule has 0 aliphatic heterocycles. The zero-order valence-corrected chi connectivity index (χ0v) is 16.8. The van der Waals surface area contributed by atoms with Crippen LogP contribution in [-0.4, -0.2) is 38.6 Å². The van der Waals surface area contributed by atoms with Gasteiger partial charge in [-0.15, -0.1) is 0 Å². The molecule has 3 N–H and O–H groups in total. The smallest absolute Gasteiger partial charge is 0.191 e. The maximum Gasteiger partial charge on any atom is 0.191 e. The van der Waals surface area contributed by atoms with Gasteiger partial charge in [-0.1, -0.05) is 0 Å². The Hall–Kier alpha value is -3.68. The van der Waals surface area contributed by atoms with Crippen molar-refractivity contribution in [2.24, 2.45) is 4.99 Å². The summed E-state index contributed by atoms with van der Waals surface area (Å²) in [5.74, 6) is 1.33. The Labute approximate surface area is 174 Å². The van der Waals surface area contributed by atoms with Crippen LogP contribution < -0.4 is 10.6 Å². The number of hydrogen-bond acceptors (Lipinski definition) is 3. The lowest BCUT2D eigenvalue weighted by atomic mass is 10.1. The van der Waals surface area contributed by atoms with Crippen LogP contribution in [0.15, 0.2) is 66.4 Å². The molecule has 0 fully saturated rings. The number of H-pyrrole nitrogens is 1. The number of nitrogens with zero attached hydrogens (tertiary/aromatic N) is 4. The maximum absolute atomic E-state index is 13.6. The predicted octanol–water partition coefficient (Wildman–Crippen LogP) is 3.19. The molecule has 1 aromatic carbocycles. The van der Waals surface area contributed by atoms with E-state index in [2.05, 4.69) is 30.6 Å². The second kappa shape index (κ2) is 9.21. The highest BCUT2D eigenvalue weighted by molar-refractivity contribution is 5.83. The molecule has 0 saturated heterocycles. The van der Waals surface area contributed by atoms with Crippen molar-refractivity contribution >= 4 is 16.9 Å². The van der Waals surface area contributed by atoms with Gasteiger partial charge in [0.05, 0.1) is 6.54 Å². The number of guanidine groups is 1. The fourth-order valence-electron chi connectivity index (χ4n) is 3.28. The number of nitrogens with one attached hydrogen (secondary N) is 3. The second-order valence-corrected chi connectivity index (χ2v) is 6.87. The number of imidazole rings is 1. The van der Waals surface area contributed by atoms with Crippen LogP contribution in [0.25, 0.3) is 16.7 Å². The Morgan fingerprint density at radius 3 is 2.97 bits per heavy atom. The molecule has 8 heteroatoms. The van der Waals surface area contributed by atoms with Gasteiger partial charge in [0.2, 0.25) is 0 Å². The van der Waals surface area contributed by atoms with E-state index in [1.54, 1.807) is 30.9 Å². The molecule has 0 atom stereocenters. The van der Waals surface area contributed by atoms with Gasteiger partial charge in [-0.25, -0.2) is 19.4 Å². The monoisotopic (exact) mass is 405 g/mol. The van der Waals surface area contributed by atoms with E-state index in [0.717, 1.165) is 46.8 Å². The average molecular weight is 405 g/mol. The fraction of sp³-hybridized carbons (Fsp3) is 0.227. The standard InChI is InChI=1S/C22H24FN7/c1-2-25-22(27-8-6-17-14-28-20-4-3-18(23)12-19(17)20)29-13-16-5-7-26-21(11-16)30-10-9-24-15-30/h3-5,7,9-12,14-15,28H,2,6,8,13H2,1H3,(H2,25,27,29). The van der Waals surface area contributed by atoms with Crippen molar-refractivity contribution in [2.45, 2.75) is 19.9 Å². The number of aromatic nitrogens is 4. The van der Waals surface area contributed by atoms with Crippen LogP contribution in [-0.2, 0) is 13.0 Å². The van der Waals surface area contributed by atoms with E-state index in [-0.39, 0.29) is 5.82 Å². The van der Waals surface area contributed by atoms with Crippen molar-refractivity contribution in [3.8, 4) is 5.82 Å². The Morgan fingerprint density at radius 1 is 1.20 bits per heavy atom. The predicted molar refractivity (Wildman–Crippen MR) is 116 cm³/mol. The number of rotatable bonds is 7. The first-order valence-corrected chi connectivity index (χ1v) is 9.94. The van der Waals surface area contributed by atoms with E-state index in [4.69, 9.17) is 0 Å². The summed E-state index contributed by atoms with van der Waals surface area (Å²) >= 11 is 0. The molecular formula is C22H24FN7. The quantitative estimate of drug-likeness (QED) is 0.326. The van der Waals surface area contributed by atoms with Crippen molar-refractivity contribution in [3.05, 3.63) is 78.4 Å². The van der Waals surface area contributed by atoms with Crippen molar-refractivity contribution in [1.29, 1.82) is 0 Å². The van der Waals surface area contributed by atoms with Crippen LogP contribution in [0.4, 0.5) is 4.39 Å². The lowest BCUT2D eigenvalue weighted by Crippen LogP contribution is -2.38. The second-order valence-electron chi connectivity index (χ2n) is 6.87. The van der Waals surface area contributed by atoms with Gasteiger partial charge in [-0.3, -0.25) is 4.57 Å². The molecular weight excluding hydrogens is 381 g/mol. The summed E-state index contributed by atoms with van der Waals surface area (Å²) in [7, 11) is 0. The Morgan fingerprint density at radius 2 is 2.13 bits per heavy atom. The van der Waals surface area contributed by atoms with Gasteiger partial charge in [-0.2, -0.15) is 0 Å². The van der Waals surface area contributed by atoms with Crippen LogP contribution in [0.3, 0.4) is 0 Å². The maximum atomic E-state index is 13.6. The molecule has 30 heavy (non-hydrogen) atoms. The van der Waals surface area contributed by atoms with Crippen LogP contribution in [0.5, 0.6) is 0 Å². The molecule has 154 valence electrons.